The predicted molar refractivity (Wildman–Crippen MR) is 88.5 cm³/mol. The highest BCUT2D eigenvalue weighted by molar-refractivity contribution is 6.30. The van der Waals surface area contributed by atoms with Gasteiger partial charge in [0, 0.05) is 19.1 Å². The van der Waals surface area contributed by atoms with E-state index in [9.17, 15) is 9.59 Å². The van der Waals surface area contributed by atoms with Gasteiger partial charge in [-0.2, -0.15) is 0 Å². The molecule has 3 aromatic rings. The van der Waals surface area contributed by atoms with Gasteiger partial charge in [-0.3, -0.25) is 9.55 Å². The number of hydrogen-bond donors (Lipinski definition) is 2. The number of likely N-dealkylation sites (tertiary alicyclic amines) is 1. The molecule has 124 valence electrons. The second-order valence-electron chi connectivity index (χ2n) is 5.82. The number of halogens is 1. The van der Waals surface area contributed by atoms with Crippen molar-refractivity contribution in [1.29, 1.82) is 0 Å². The van der Waals surface area contributed by atoms with Crippen molar-refractivity contribution in [3.05, 3.63) is 34.0 Å². The average Bonchev–Trinajstić information content (AvgIpc) is 2.91. The van der Waals surface area contributed by atoms with Crippen LogP contribution in [-0.4, -0.2) is 48.7 Å². The summed E-state index contributed by atoms with van der Waals surface area (Å²) in [4.78, 5) is 36.3. The van der Waals surface area contributed by atoms with Crippen molar-refractivity contribution in [3.63, 3.8) is 0 Å². The first-order chi connectivity index (χ1) is 11.5. The minimum atomic E-state index is -0.928. The van der Waals surface area contributed by atoms with Gasteiger partial charge in [-0.05, 0) is 25.0 Å². The Balaban J connectivity index is 1.86. The lowest BCUT2D eigenvalue weighted by atomic mass is 10.0. The number of rotatable bonds is 1. The fraction of sp³-hybridized carbons (Fsp3) is 0.333. The second kappa shape index (κ2) is 5.48. The lowest BCUT2D eigenvalue weighted by Gasteiger charge is -2.30. The molecule has 1 amide bonds. The van der Waals surface area contributed by atoms with E-state index in [1.165, 1.54) is 4.90 Å². The third-order valence-corrected chi connectivity index (χ3v) is 4.66. The molecular formula is C15H14ClN5O3. The zero-order chi connectivity index (χ0) is 16.8. The number of aromatic amines is 1. The minimum Gasteiger partial charge on any atom is -0.465 e. The Hall–Kier alpha value is -2.61. The van der Waals surface area contributed by atoms with Gasteiger partial charge in [0.15, 0.2) is 0 Å². The molecular weight excluding hydrogens is 334 g/mol. The zero-order valence-electron chi connectivity index (χ0n) is 12.6. The molecule has 24 heavy (non-hydrogen) atoms. The van der Waals surface area contributed by atoms with Crippen molar-refractivity contribution in [2.45, 2.75) is 18.9 Å². The van der Waals surface area contributed by atoms with E-state index in [2.05, 4.69) is 15.0 Å². The third kappa shape index (κ3) is 2.30. The Morgan fingerprint density at radius 1 is 1.33 bits per heavy atom. The molecule has 1 saturated heterocycles. The summed E-state index contributed by atoms with van der Waals surface area (Å²) in [5, 5.41) is 9.40. The molecule has 3 aromatic heterocycles. The first kappa shape index (κ1) is 14.9. The largest absolute Gasteiger partial charge is 0.465 e. The number of H-pyrrole nitrogens is 1. The average molecular weight is 348 g/mol. The van der Waals surface area contributed by atoms with Crippen LogP contribution >= 0.6 is 11.6 Å². The Labute approximate surface area is 140 Å². The van der Waals surface area contributed by atoms with Crippen LogP contribution in [0.1, 0.15) is 18.9 Å². The molecule has 9 heteroatoms. The summed E-state index contributed by atoms with van der Waals surface area (Å²) in [6, 6.07) is 3.33. The predicted octanol–water partition coefficient (Wildman–Crippen LogP) is 2.24. The summed E-state index contributed by atoms with van der Waals surface area (Å²) < 4.78 is 1.67. The van der Waals surface area contributed by atoms with Crippen LogP contribution in [0.5, 0.6) is 0 Å². The fourth-order valence-corrected chi connectivity index (χ4v) is 3.45. The van der Waals surface area contributed by atoms with Crippen molar-refractivity contribution in [2.24, 2.45) is 0 Å². The Bertz CT molecular complexity index is 1000. The molecule has 8 nitrogen and oxygen atoms in total. The van der Waals surface area contributed by atoms with Gasteiger partial charge in [0.2, 0.25) is 0 Å². The summed E-state index contributed by atoms with van der Waals surface area (Å²) in [5.41, 5.74) is 2.25. The van der Waals surface area contributed by atoms with Crippen molar-refractivity contribution in [3.8, 4) is 0 Å². The van der Waals surface area contributed by atoms with Crippen molar-refractivity contribution in [2.75, 3.05) is 13.1 Å². The van der Waals surface area contributed by atoms with Crippen LogP contribution in [0.25, 0.3) is 22.1 Å². The normalized spacial score (nSPS) is 16.1. The van der Waals surface area contributed by atoms with E-state index >= 15 is 0 Å². The number of imidazole rings is 1. The Kier molecular flexibility index (Phi) is 3.42. The summed E-state index contributed by atoms with van der Waals surface area (Å²) >= 11 is 6.01. The van der Waals surface area contributed by atoms with Gasteiger partial charge in [0.05, 0.1) is 22.7 Å². The highest BCUT2D eigenvalue weighted by Gasteiger charge is 2.26. The summed E-state index contributed by atoms with van der Waals surface area (Å²) in [7, 11) is 0. The van der Waals surface area contributed by atoms with Gasteiger partial charge >= 0.3 is 11.8 Å². The molecule has 0 spiro atoms. The molecule has 2 N–H and O–H groups in total. The quantitative estimate of drug-likeness (QED) is 0.657. The minimum absolute atomic E-state index is 0.0896. The lowest BCUT2D eigenvalue weighted by molar-refractivity contribution is 0.125. The molecule has 0 radical (unpaired) electrons. The topological polar surface area (TPSA) is 104 Å². The standard InChI is InChI=1S/C15H14ClN5O3/c16-11-2-1-9-12(19-11)13-10(7-17-9)18-14(22)21(13)8-3-5-20(6-4-8)15(23)24/h1-2,7-8H,3-6H2,(H,18,22)(H,23,24). The smallest absolute Gasteiger partial charge is 0.407 e. The van der Waals surface area contributed by atoms with Gasteiger partial charge in [-0.1, -0.05) is 11.6 Å². The maximum atomic E-state index is 12.5. The van der Waals surface area contributed by atoms with Gasteiger partial charge in [0.1, 0.15) is 10.7 Å². The molecule has 1 fully saturated rings. The van der Waals surface area contributed by atoms with Crippen LogP contribution in [-0.2, 0) is 0 Å². The second-order valence-corrected chi connectivity index (χ2v) is 6.21. The first-order valence-electron chi connectivity index (χ1n) is 7.58. The molecule has 0 atom stereocenters. The monoisotopic (exact) mass is 347 g/mol. The number of carbonyl (C=O) groups is 1. The van der Waals surface area contributed by atoms with Crippen LogP contribution in [0.15, 0.2) is 23.1 Å². The van der Waals surface area contributed by atoms with E-state index in [1.54, 1.807) is 22.9 Å². The Morgan fingerprint density at radius 3 is 2.79 bits per heavy atom. The van der Waals surface area contributed by atoms with E-state index in [4.69, 9.17) is 16.7 Å². The number of hydrogen-bond acceptors (Lipinski definition) is 4. The number of pyridine rings is 2. The van der Waals surface area contributed by atoms with E-state index in [0.29, 0.717) is 53.2 Å². The lowest BCUT2D eigenvalue weighted by Crippen LogP contribution is -2.39. The third-order valence-electron chi connectivity index (χ3n) is 4.45. The molecule has 0 aliphatic carbocycles. The van der Waals surface area contributed by atoms with E-state index < -0.39 is 6.09 Å². The van der Waals surface area contributed by atoms with Gasteiger partial charge in [-0.25, -0.2) is 14.6 Å². The number of piperidine rings is 1. The van der Waals surface area contributed by atoms with Crippen molar-refractivity contribution < 1.29 is 9.90 Å². The number of nitrogens with zero attached hydrogens (tertiary/aromatic N) is 4. The van der Waals surface area contributed by atoms with Crippen molar-refractivity contribution >= 4 is 39.8 Å². The fourth-order valence-electron chi connectivity index (χ4n) is 3.31. The van der Waals surface area contributed by atoms with Gasteiger partial charge < -0.3 is 15.0 Å². The summed E-state index contributed by atoms with van der Waals surface area (Å²) in [5.74, 6) is 0. The van der Waals surface area contributed by atoms with Gasteiger partial charge in [0.25, 0.3) is 0 Å². The summed E-state index contributed by atoms with van der Waals surface area (Å²) in [6.07, 6.45) is 1.83. The summed E-state index contributed by atoms with van der Waals surface area (Å²) in [6.45, 7) is 0.798. The molecule has 4 heterocycles. The van der Waals surface area contributed by atoms with Crippen molar-refractivity contribution in [1.82, 2.24) is 24.4 Å². The van der Waals surface area contributed by atoms with Crippen LogP contribution < -0.4 is 5.69 Å². The molecule has 0 saturated carbocycles. The van der Waals surface area contributed by atoms with Crippen LogP contribution in [0, 0.1) is 0 Å². The molecule has 1 aliphatic heterocycles. The van der Waals surface area contributed by atoms with Crippen LogP contribution in [0.3, 0.4) is 0 Å². The number of amides is 1. The number of carboxylic acid groups (broad SMARTS) is 1. The van der Waals surface area contributed by atoms with E-state index in [0.717, 1.165) is 0 Å². The first-order valence-corrected chi connectivity index (χ1v) is 7.96. The maximum Gasteiger partial charge on any atom is 0.407 e. The Morgan fingerprint density at radius 2 is 2.08 bits per heavy atom. The highest BCUT2D eigenvalue weighted by Crippen LogP contribution is 2.28. The highest BCUT2D eigenvalue weighted by atomic mass is 35.5. The zero-order valence-corrected chi connectivity index (χ0v) is 13.3. The maximum absolute atomic E-state index is 12.5. The molecule has 0 aromatic carbocycles. The number of aromatic nitrogens is 4. The van der Waals surface area contributed by atoms with E-state index in [1.807, 2.05) is 0 Å². The molecule has 1 aliphatic rings. The number of fused-ring (bicyclic) bond motifs is 3. The molecule has 4 rings (SSSR count). The molecule has 0 bridgehead atoms. The SMILES string of the molecule is O=C(O)N1CCC(n2c(=O)[nH]c3cnc4ccc(Cl)nc4c32)CC1. The van der Waals surface area contributed by atoms with Gasteiger partial charge in [-0.15, -0.1) is 0 Å². The molecule has 0 unspecified atom stereocenters. The number of nitrogens with one attached hydrogen (secondary N) is 1. The van der Waals surface area contributed by atoms with E-state index in [-0.39, 0.29) is 11.7 Å². The van der Waals surface area contributed by atoms with Crippen LogP contribution in [0.2, 0.25) is 5.15 Å². The van der Waals surface area contributed by atoms with Crippen LogP contribution in [0.4, 0.5) is 4.79 Å².